The maximum Gasteiger partial charge on any atom is 0.224 e. The van der Waals surface area contributed by atoms with Gasteiger partial charge in [0.15, 0.2) is 0 Å². The molecule has 0 radical (unpaired) electrons. The van der Waals surface area contributed by atoms with Gasteiger partial charge in [-0.15, -0.1) is 0 Å². The molecule has 0 aromatic carbocycles. The Morgan fingerprint density at radius 3 is 3.24 bits per heavy atom. The van der Waals surface area contributed by atoms with Crippen molar-refractivity contribution in [2.75, 3.05) is 43.4 Å². The molecule has 1 aromatic heterocycles. The lowest BCUT2D eigenvalue weighted by Crippen LogP contribution is -2.42. The number of ether oxygens (including phenoxy) is 1. The molecule has 1 saturated heterocycles. The lowest BCUT2D eigenvalue weighted by molar-refractivity contribution is 0.0371. The fourth-order valence-electron chi connectivity index (χ4n) is 1.68. The van der Waals surface area contributed by atoms with E-state index in [-0.39, 0.29) is 6.10 Å². The quantitative estimate of drug-likeness (QED) is 0.684. The predicted molar refractivity (Wildman–Crippen MR) is 67.3 cm³/mol. The van der Waals surface area contributed by atoms with Crippen molar-refractivity contribution in [3.8, 4) is 0 Å². The lowest BCUT2D eigenvalue weighted by atomic mass is 10.3. The SMILES string of the molecule is CCNc1ccnc(NC[C@H]2CNCCO2)n1. The number of nitrogens with zero attached hydrogens (tertiary/aromatic N) is 2. The van der Waals surface area contributed by atoms with Crippen molar-refractivity contribution < 1.29 is 4.74 Å². The van der Waals surface area contributed by atoms with E-state index in [4.69, 9.17) is 4.74 Å². The van der Waals surface area contributed by atoms with Crippen molar-refractivity contribution >= 4 is 11.8 Å². The van der Waals surface area contributed by atoms with E-state index in [0.717, 1.165) is 38.6 Å². The minimum atomic E-state index is 0.190. The Labute approximate surface area is 101 Å². The van der Waals surface area contributed by atoms with E-state index in [1.54, 1.807) is 6.20 Å². The van der Waals surface area contributed by atoms with Crippen LogP contribution in [0.5, 0.6) is 0 Å². The van der Waals surface area contributed by atoms with Crippen LogP contribution in [0.25, 0.3) is 0 Å². The third-order valence-corrected chi connectivity index (χ3v) is 2.51. The van der Waals surface area contributed by atoms with Crippen LogP contribution in [0.2, 0.25) is 0 Å². The highest BCUT2D eigenvalue weighted by molar-refractivity contribution is 5.39. The molecule has 2 rings (SSSR count). The molecule has 1 atom stereocenters. The zero-order valence-corrected chi connectivity index (χ0v) is 10.1. The zero-order valence-electron chi connectivity index (χ0n) is 10.1. The van der Waals surface area contributed by atoms with E-state index < -0.39 is 0 Å². The van der Waals surface area contributed by atoms with Crippen LogP contribution in [0.15, 0.2) is 12.3 Å². The minimum absolute atomic E-state index is 0.190. The van der Waals surface area contributed by atoms with Crippen molar-refractivity contribution in [1.29, 1.82) is 0 Å². The first-order valence-corrected chi connectivity index (χ1v) is 6.01. The summed E-state index contributed by atoms with van der Waals surface area (Å²) in [5.74, 6) is 1.48. The smallest absolute Gasteiger partial charge is 0.224 e. The van der Waals surface area contributed by atoms with Crippen molar-refractivity contribution in [1.82, 2.24) is 15.3 Å². The van der Waals surface area contributed by atoms with Gasteiger partial charge in [-0.1, -0.05) is 0 Å². The first kappa shape index (κ1) is 12.1. The summed E-state index contributed by atoms with van der Waals surface area (Å²) in [6.45, 7) is 6.19. The molecule has 0 aliphatic carbocycles. The molecule has 6 heteroatoms. The molecule has 0 saturated carbocycles. The predicted octanol–water partition coefficient (Wildman–Crippen LogP) is 0.309. The van der Waals surface area contributed by atoms with Crippen LogP contribution in [-0.4, -0.2) is 48.9 Å². The molecular formula is C11H19N5O. The topological polar surface area (TPSA) is 71.1 Å². The number of nitrogens with one attached hydrogen (secondary N) is 3. The minimum Gasteiger partial charge on any atom is -0.374 e. The number of anilines is 2. The van der Waals surface area contributed by atoms with Gasteiger partial charge < -0.3 is 20.7 Å². The average molecular weight is 237 g/mol. The van der Waals surface area contributed by atoms with Crippen molar-refractivity contribution in [2.24, 2.45) is 0 Å². The van der Waals surface area contributed by atoms with Crippen LogP contribution in [0, 0.1) is 0 Å². The first-order chi connectivity index (χ1) is 8.38. The van der Waals surface area contributed by atoms with Gasteiger partial charge >= 0.3 is 0 Å². The second kappa shape index (κ2) is 6.36. The average Bonchev–Trinajstić information content (AvgIpc) is 2.39. The van der Waals surface area contributed by atoms with Crippen LogP contribution in [0.4, 0.5) is 11.8 Å². The van der Waals surface area contributed by atoms with Crippen LogP contribution in [0.3, 0.4) is 0 Å². The fraction of sp³-hybridized carbons (Fsp3) is 0.636. The summed E-state index contributed by atoms with van der Waals surface area (Å²) in [6.07, 6.45) is 1.93. The highest BCUT2D eigenvalue weighted by atomic mass is 16.5. The fourth-order valence-corrected chi connectivity index (χ4v) is 1.68. The van der Waals surface area contributed by atoms with Crippen LogP contribution >= 0.6 is 0 Å². The molecule has 94 valence electrons. The summed E-state index contributed by atoms with van der Waals surface area (Å²) in [6, 6.07) is 1.85. The van der Waals surface area contributed by atoms with Gasteiger partial charge in [-0.2, -0.15) is 4.98 Å². The third kappa shape index (κ3) is 3.83. The van der Waals surface area contributed by atoms with Crippen molar-refractivity contribution in [2.45, 2.75) is 13.0 Å². The van der Waals surface area contributed by atoms with Crippen LogP contribution < -0.4 is 16.0 Å². The maximum atomic E-state index is 5.58. The second-order valence-electron chi connectivity index (χ2n) is 3.87. The Morgan fingerprint density at radius 1 is 1.53 bits per heavy atom. The van der Waals surface area contributed by atoms with Gasteiger partial charge in [0.2, 0.25) is 5.95 Å². The standard InChI is InChI=1S/C11H19N5O/c1-2-13-10-3-4-14-11(16-10)15-8-9-7-12-5-6-17-9/h3-4,9,12H,2,5-8H2,1H3,(H2,13,14,15,16)/t9-/m1/s1. The van der Waals surface area contributed by atoms with E-state index >= 15 is 0 Å². The molecule has 17 heavy (non-hydrogen) atoms. The summed E-state index contributed by atoms with van der Waals surface area (Å²) in [4.78, 5) is 8.51. The van der Waals surface area contributed by atoms with Gasteiger partial charge in [-0.3, -0.25) is 0 Å². The summed E-state index contributed by atoms with van der Waals surface area (Å²) in [7, 11) is 0. The Bertz CT molecular complexity index is 340. The molecular weight excluding hydrogens is 218 g/mol. The molecule has 0 spiro atoms. The molecule has 1 aliphatic rings. The number of hydrogen-bond acceptors (Lipinski definition) is 6. The summed E-state index contributed by atoms with van der Waals surface area (Å²) in [5, 5.41) is 9.62. The van der Waals surface area contributed by atoms with Crippen LogP contribution in [-0.2, 0) is 4.74 Å². The van der Waals surface area contributed by atoms with E-state index in [2.05, 4.69) is 25.9 Å². The molecule has 1 fully saturated rings. The molecule has 1 aromatic rings. The molecule has 0 unspecified atom stereocenters. The first-order valence-electron chi connectivity index (χ1n) is 6.01. The molecule has 2 heterocycles. The van der Waals surface area contributed by atoms with Crippen LogP contribution in [0.1, 0.15) is 6.92 Å². The molecule has 1 aliphatic heterocycles. The van der Waals surface area contributed by atoms with Crippen molar-refractivity contribution in [3.05, 3.63) is 12.3 Å². The Morgan fingerprint density at radius 2 is 2.47 bits per heavy atom. The summed E-state index contributed by atoms with van der Waals surface area (Å²) in [5.41, 5.74) is 0. The zero-order chi connectivity index (χ0) is 11.9. The van der Waals surface area contributed by atoms with E-state index in [0.29, 0.717) is 5.95 Å². The van der Waals surface area contributed by atoms with Gasteiger partial charge in [-0.25, -0.2) is 4.98 Å². The second-order valence-corrected chi connectivity index (χ2v) is 3.87. The third-order valence-electron chi connectivity index (χ3n) is 2.51. The van der Waals surface area contributed by atoms with E-state index in [9.17, 15) is 0 Å². The Hall–Kier alpha value is -1.40. The number of aromatic nitrogens is 2. The monoisotopic (exact) mass is 237 g/mol. The summed E-state index contributed by atoms with van der Waals surface area (Å²) >= 11 is 0. The van der Waals surface area contributed by atoms with E-state index in [1.165, 1.54) is 0 Å². The van der Waals surface area contributed by atoms with Gasteiger partial charge in [0, 0.05) is 32.4 Å². The van der Waals surface area contributed by atoms with Gasteiger partial charge in [0.25, 0.3) is 0 Å². The lowest BCUT2D eigenvalue weighted by Gasteiger charge is -2.23. The molecule has 3 N–H and O–H groups in total. The normalized spacial score (nSPS) is 19.9. The molecule has 0 bridgehead atoms. The number of rotatable bonds is 5. The number of morpholine rings is 1. The van der Waals surface area contributed by atoms with Gasteiger partial charge in [-0.05, 0) is 13.0 Å². The molecule has 0 amide bonds. The number of hydrogen-bond donors (Lipinski definition) is 3. The van der Waals surface area contributed by atoms with Gasteiger partial charge in [0.1, 0.15) is 5.82 Å². The van der Waals surface area contributed by atoms with Gasteiger partial charge in [0.05, 0.1) is 12.7 Å². The molecule has 6 nitrogen and oxygen atoms in total. The maximum absolute atomic E-state index is 5.58. The highest BCUT2D eigenvalue weighted by Gasteiger charge is 2.13. The largest absolute Gasteiger partial charge is 0.374 e. The highest BCUT2D eigenvalue weighted by Crippen LogP contribution is 2.06. The van der Waals surface area contributed by atoms with E-state index in [1.807, 2.05) is 13.0 Å². The summed E-state index contributed by atoms with van der Waals surface area (Å²) < 4.78 is 5.58. The van der Waals surface area contributed by atoms with Crippen molar-refractivity contribution in [3.63, 3.8) is 0 Å². The Kier molecular flexibility index (Phi) is 4.52. The Balaban J connectivity index is 1.83.